The summed E-state index contributed by atoms with van der Waals surface area (Å²) >= 11 is 0. The summed E-state index contributed by atoms with van der Waals surface area (Å²) in [6.45, 7) is 7.31. The molecule has 0 bridgehead atoms. The second-order valence-corrected chi connectivity index (χ2v) is 4.47. The summed E-state index contributed by atoms with van der Waals surface area (Å²) in [7, 11) is 0. The highest BCUT2D eigenvalue weighted by Crippen LogP contribution is 2.13. The van der Waals surface area contributed by atoms with E-state index in [1.54, 1.807) is 0 Å². The lowest BCUT2D eigenvalue weighted by Gasteiger charge is -2.15. The molecule has 2 unspecified atom stereocenters. The summed E-state index contributed by atoms with van der Waals surface area (Å²) in [6, 6.07) is 4.67. The van der Waals surface area contributed by atoms with Crippen molar-refractivity contribution in [3.63, 3.8) is 0 Å². The first-order valence-electron chi connectivity index (χ1n) is 5.75. The molecule has 2 heterocycles. The van der Waals surface area contributed by atoms with E-state index < -0.39 is 0 Å². The fraction of sp³-hybridized carbons (Fsp3) is 0.667. The first-order valence-corrected chi connectivity index (χ1v) is 5.75. The van der Waals surface area contributed by atoms with Crippen molar-refractivity contribution < 1.29 is 4.42 Å². The van der Waals surface area contributed by atoms with Gasteiger partial charge in [-0.05, 0) is 37.9 Å². The van der Waals surface area contributed by atoms with Gasteiger partial charge in [-0.2, -0.15) is 0 Å². The van der Waals surface area contributed by atoms with Crippen molar-refractivity contribution in [1.29, 1.82) is 0 Å². The second-order valence-electron chi connectivity index (χ2n) is 4.47. The van der Waals surface area contributed by atoms with Gasteiger partial charge >= 0.3 is 0 Å². The number of furan rings is 1. The van der Waals surface area contributed by atoms with E-state index in [0.29, 0.717) is 6.04 Å². The molecule has 15 heavy (non-hydrogen) atoms. The van der Waals surface area contributed by atoms with Crippen molar-refractivity contribution in [2.45, 2.75) is 32.9 Å². The summed E-state index contributed by atoms with van der Waals surface area (Å²) in [5.41, 5.74) is 0. The smallest absolute Gasteiger partial charge is 0.117 e. The molecule has 0 aromatic carbocycles. The van der Waals surface area contributed by atoms with E-state index in [0.717, 1.165) is 37.1 Å². The molecule has 84 valence electrons. The zero-order chi connectivity index (χ0) is 10.7. The highest BCUT2D eigenvalue weighted by molar-refractivity contribution is 5.05. The van der Waals surface area contributed by atoms with Gasteiger partial charge in [0.05, 0.1) is 6.54 Å². The second kappa shape index (κ2) is 4.81. The van der Waals surface area contributed by atoms with Crippen molar-refractivity contribution in [3.05, 3.63) is 23.7 Å². The van der Waals surface area contributed by atoms with Crippen LogP contribution in [-0.4, -0.2) is 19.1 Å². The number of aryl methyl sites for hydroxylation is 1. The summed E-state index contributed by atoms with van der Waals surface area (Å²) in [5.74, 6) is 2.80. The summed E-state index contributed by atoms with van der Waals surface area (Å²) in [5, 5.41) is 6.94. The maximum absolute atomic E-state index is 5.49. The first kappa shape index (κ1) is 10.7. The molecular weight excluding hydrogens is 188 g/mol. The van der Waals surface area contributed by atoms with Crippen molar-refractivity contribution in [1.82, 2.24) is 10.6 Å². The highest BCUT2D eigenvalue weighted by atomic mass is 16.3. The molecule has 0 amide bonds. The predicted octanol–water partition coefficient (Wildman–Crippen LogP) is 1.68. The normalized spacial score (nSPS) is 26.0. The largest absolute Gasteiger partial charge is 0.465 e. The topological polar surface area (TPSA) is 37.2 Å². The average molecular weight is 208 g/mol. The third kappa shape index (κ3) is 2.83. The van der Waals surface area contributed by atoms with Gasteiger partial charge in [0.2, 0.25) is 0 Å². The molecule has 0 radical (unpaired) electrons. The maximum Gasteiger partial charge on any atom is 0.117 e. The molecule has 2 rings (SSSR count). The van der Waals surface area contributed by atoms with E-state index >= 15 is 0 Å². The van der Waals surface area contributed by atoms with Crippen molar-refractivity contribution in [2.24, 2.45) is 5.92 Å². The lowest BCUT2D eigenvalue weighted by Crippen LogP contribution is -2.36. The minimum Gasteiger partial charge on any atom is -0.465 e. The van der Waals surface area contributed by atoms with Crippen molar-refractivity contribution >= 4 is 0 Å². The number of rotatable bonds is 4. The highest BCUT2D eigenvalue weighted by Gasteiger charge is 2.21. The lowest BCUT2D eigenvalue weighted by atomic mass is 10.0. The van der Waals surface area contributed by atoms with Gasteiger partial charge in [0, 0.05) is 12.6 Å². The van der Waals surface area contributed by atoms with Crippen LogP contribution < -0.4 is 10.6 Å². The third-order valence-corrected chi connectivity index (χ3v) is 3.15. The van der Waals surface area contributed by atoms with Crippen LogP contribution in [-0.2, 0) is 6.54 Å². The zero-order valence-electron chi connectivity index (χ0n) is 9.55. The molecule has 1 aliphatic rings. The van der Waals surface area contributed by atoms with Crippen molar-refractivity contribution in [2.75, 3.05) is 13.1 Å². The molecule has 1 aromatic rings. The Kier molecular flexibility index (Phi) is 3.44. The van der Waals surface area contributed by atoms with Crippen LogP contribution in [0.25, 0.3) is 0 Å². The molecule has 0 saturated carbocycles. The van der Waals surface area contributed by atoms with Gasteiger partial charge < -0.3 is 15.1 Å². The van der Waals surface area contributed by atoms with Crippen LogP contribution in [0, 0.1) is 12.8 Å². The van der Waals surface area contributed by atoms with E-state index in [9.17, 15) is 0 Å². The van der Waals surface area contributed by atoms with Crippen LogP contribution in [0.5, 0.6) is 0 Å². The van der Waals surface area contributed by atoms with E-state index in [-0.39, 0.29) is 0 Å². The fourth-order valence-electron chi connectivity index (χ4n) is 2.10. The van der Waals surface area contributed by atoms with Gasteiger partial charge in [0.25, 0.3) is 0 Å². The van der Waals surface area contributed by atoms with Crippen LogP contribution in [0.4, 0.5) is 0 Å². The van der Waals surface area contributed by atoms with Crippen LogP contribution in [0.2, 0.25) is 0 Å². The van der Waals surface area contributed by atoms with Gasteiger partial charge in [0.1, 0.15) is 11.5 Å². The summed E-state index contributed by atoms with van der Waals surface area (Å²) < 4.78 is 5.49. The minimum absolute atomic E-state index is 0.626. The zero-order valence-corrected chi connectivity index (χ0v) is 9.55. The minimum atomic E-state index is 0.626. The van der Waals surface area contributed by atoms with Gasteiger partial charge in [-0.25, -0.2) is 0 Å². The van der Waals surface area contributed by atoms with Gasteiger partial charge in [-0.15, -0.1) is 0 Å². The molecule has 2 N–H and O–H groups in total. The van der Waals surface area contributed by atoms with E-state index in [2.05, 4.69) is 17.6 Å². The van der Waals surface area contributed by atoms with Crippen LogP contribution in [0.1, 0.15) is 24.9 Å². The molecule has 0 aliphatic carbocycles. The first-order chi connectivity index (χ1) is 7.25. The van der Waals surface area contributed by atoms with Crippen LogP contribution in [0.15, 0.2) is 16.5 Å². The third-order valence-electron chi connectivity index (χ3n) is 3.15. The van der Waals surface area contributed by atoms with Crippen LogP contribution >= 0.6 is 0 Å². The molecule has 0 spiro atoms. The summed E-state index contributed by atoms with van der Waals surface area (Å²) in [4.78, 5) is 0. The Morgan fingerprint density at radius 2 is 2.40 bits per heavy atom. The standard InChI is InChI=1S/C12H20N2O/c1-9-5-6-14-12(9)8-13-7-11-4-3-10(2)15-11/h3-4,9,12-14H,5-8H2,1-2H3. The van der Waals surface area contributed by atoms with E-state index in [1.165, 1.54) is 6.42 Å². The quantitative estimate of drug-likeness (QED) is 0.790. The van der Waals surface area contributed by atoms with Gasteiger partial charge in [-0.3, -0.25) is 0 Å². The molecular formula is C12H20N2O. The van der Waals surface area contributed by atoms with Crippen LogP contribution in [0.3, 0.4) is 0 Å². The predicted molar refractivity (Wildman–Crippen MR) is 60.7 cm³/mol. The molecule has 3 nitrogen and oxygen atoms in total. The Labute approximate surface area is 91.2 Å². The Morgan fingerprint density at radius 1 is 1.53 bits per heavy atom. The molecule has 3 heteroatoms. The number of hydrogen-bond acceptors (Lipinski definition) is 3. The van der Waals surface area contributed by atoms with Gasteiger partial charge in [0.15, 0.2) is 0 Å². The SMILES string of the molecule is Cc1ccc(CNCC2NCCC2C)o1. The fourth-order valence-corrected chi connectivity index (χ4v) is 2.10. The Morgan fingerprint density at radius 3 is 3.00 bits per heavy atom. The average Bonchev–Trinajstić information content (AvgIpc) is 2.77. The van der Waals surface area contributed by atoms with Gasteiger partial charge in [-0.1, -0.05) is 6.92 Å². The molecule has 2 atom stereocenters. The summed E-state index contributed by atoms with van der Waals surface area (Å²) in [6.07, 6.45) is 1.30. The maximum atomic E-state index is 5.49. The van der Waals surface area contributed by atoms with E-state index in [4.69, 9.17) is 4.42 Å². The number of hydrogen-bond donors (Lipinski definition) is 2. The lowest BCUT2D eigenvalue weighted by molar-refractivity contribution is 0.418. The Balaban J connectivity index is 1.70. The number of nitrogens with one attached hydrogen (secondary N) is 2. The van der Waals surface area contributed by atoms with Crippen molar-refractivity contribution in [3.8, 4) is 0 Å². The molecule has 1 saturated heterocycles. The molecule has 1 aliphatic heterocycles. The van der Waals surface area contributed by atoms with E-state index in [1.807, 2.05) is 19.1 Å². The Hall–Kier alpha value is -0.800. The molecule has 1 aromatic heterocycles. The monoisotopic (exact) mass is 208 g/mol. The Bertz CT molecular complexity index is 308. The molecule has 1 fully saturated rings.